The van der Waals surface area contributed by atoms with E-state index in [1.807, 2.05) is 23.7 Å². The highest BCUT2D eigenvalue weighted by Gasteiger charge is 2.18. The highest BCUT2D eigenvalue weighted by atomic mass is 16.3. The standard InChI is InChI=1S/C16H24N4O/c1-5-20-13(4)16(12(3)19-20)11(2)18-10-15(21)14-6-8-17-9-7-14/h6-9,11,15,18,21H,5,10H2,1-4H3. The lowest BCUT2D eigenvalue weighted by atomic mass is 10.1. The zero-order valence-electron chi connectivity index (χ0n) is 13.2. The Hall–Kier alpha value is -1.72. The maximum absolute atomic E-state index is 10.2. The number of hydrogen-bond acceptors (Lipinski definition) is 4. The second-order valence-electron chi connectivity index (χ2n) is 5.33. The number of pyridine rings is 1. The lowest BCUT2D eigenvalue weighted by Gasteiger charge is -2.18. The molecular formula is C16H24N4O. The molecule has 0 saturated carbocycles. The van der Waals surface area contributed by atoms with Crippen LogP contribution in [0.4, 0.5) is 0 Å². The van der Waals surface area contributed by atoms with E-state index in [4.69, 9.17) is 0 Å². The summed E-state index contributed by atoms with van der Waals surface area (Å²) in [7, 11) is 0. The fourth-order valence-electron chi connectivity index (χ4n) is 2.74. The van der Waals surface area contributed by atoms with Crippen molar-refractivity contribution < 1.29 is 5.11 Å². The van der Waals surface area contributed by atoms with E-state index in [2.05, 4.69) is 36.2 Å². The molecule has 0 aliphatic rings. The van der Waals surface area contributed by atoms with E-state index < -0.39 is 6.10 Å². The summed E-state index contributed by atoms with van der Waals surface area (Å²) < 4.78 is 2.02. The summed E-state index contributed by atoms with van der Waals surface area (Å²) in [6.45, 7) is 9.70. The van der Waals surface area contributed by atoms with Crippen molar-refractivity contribution in [2.24, 2.45) is 0 Å². The average molecular weight is 288 g/mol. The van der Waals surface area contributed by atoms with Crippen LogP contribution in [0.25, 0.3) is 0 Å². The molecular weight excluding hydrogens is 264 g/mol. The summed E-state index contributed by atoms with van der Waals surface area (Å²) in [5, 5.41) is 18.1. The summed E-state index contributed by atoms with van der Waals surface area (Å²) in [6, 6.07) is 3.83. The van der Waals surface area contributed by atoms with Gasteiger partial charge in [0.15, 0.2) is 0 Å². The van der Waals surface area contributed by atoms with Gasteiger partial charge >= 0.3 is 0 Å². The molecule has 0 aliphatic carbocycles. The minimum absolute atomic E-state index is 0.154. The molecule has 2 unspecified atom stereocenters. The Bertz CT molecular complexity index is 579. The Morgan fingerprint density at radius 1 is 1.29 bits per heavy atom. The molecule has 2 heterocycles. The maximum atomic E-state index is 10.2. The highest BCUT2D eigenvalue weighted by Crippen LogP contribution is 2.22. The van der Waals surface area contributed by atoms with Crippen LogP contribution in [0.2, 0.25) is 0 Å². The molecule has 5 heteroatoms. The minimum Gasteiger partial charge on any atom is -0.387 e. The minimum atomic E-state index is -0.530. The lowest BCUT2D eigenvalue weighted by molar-refractivity contribution is 0.170. The Morgan fingerprint density at radius 3 is 2.52 bits per heavy atom. The third kappa shape index (κ3) is 3.49. The van der Waals surface area contributed by atoms with Crippen molar-refractivity contribution in [2.45, 2.75) is 46.4 Å². The van der Waals surface area contributed by atoms with E-state index in [1.165, 1.54) is 11.3 Å². The highest BCUT2D eigenvalue weighted by molar-refractivity contribution is 5.28. The summed E-state index contributed by atoms with van der Waals surface area (Å²) in [5.41, 5.74) is 4.34. The van der Waals surface area contributed by atoms with Crippen LogP contribution in [0.15, 0.2) is 24.5 Å². The van der Waals surface area contributed by atoms with Gasteiger partial charge in [0, 0.05) is 42.8 Å². The molecule has 0 bridgehead atoms. The van der Waals surface area contributed by atoms with Crippen LogP contribution in [0.3, 0.4) is 0 Å². The second-order valence-corrected chi connectivity index (χ2v) is 5.33. The molecule has 0 amide bonds. The first kappa shape index (κ1) is 15.7. The van der Waals surface area contributed by atoms with Crippen LogP contribution in [-0.4, -0.2) is 26.4 Å². The Balaban J connectivity index is 2.02. The lowest BCUT2D eigenvalue weighted by Crippen LogP contribution is -2.25. The van der Waals surface area contributed by atoms with E-state index in [9.17, 15) is 5.11 Å². The molecule has 0 spiro atoms. The third-order valence-corrected chi connectivity index (χ3v) is 3.88. The van der Waals surface area contributed by atoms with E-state index in [0.29, 0.717) is 6.54 Å². The molecule has 2 aromatic heterocycles. The number of nitrogens with zero attached hydrogens (tertiary/aromatic N) is 3. The van der Waals surface area contributed by atoms with Crippen molar-refractivity contribution in [1.82, 2.24) is 20.1 Å². The van der Waals surface area contributed by atoms with Crippen LogP contribution < -0.4 is 5.32 Å². The van der Waals surface area contributed by atoms with Crippen molar-refractivity contribution in [2.75, 3.05) is 6.54 Å². The molecule has 0 fully saturated rings. The van der Waals surface area contributed by atoms with Crippen LogP contribution >= 0.6 is 0 Å². The van der Waals surface area contributed by atoms with E-state index in [1.54, 1.807) is 12.4 Å². The number of rotatable bonds is 6. The molecule has 2 N–H and O–H groups in total. The van der Waals surface area contributed by atoms with Gasteiger partial charge in [-0.05, 0) is 45.4 Å². The molecule has 5 nitrogen and oxygen atoms in total. The average Bonchev–Trinajstić information content (AvgIpc) is 2.79. The summed E-state index contributed by atoms with van der Waals surface area (Å²) in [5.74, 6) is 0. The topological polar surface area (TPSA) is 63.0 Å². The fraction of sp³-hybridized carbons (Fsp3) is 0.500. The molecule has 0 radical (unpaired) electrons. The van der Waals surface area contributed by atoms with Crippen LogP contribution in [0, 0.1) is 13.8 Å². The van der Waals surface area contributed by atoms with Gasteiger partial charge in [0.1, 0.15) is 0 Å². The molecule has 2 atom stereocenters. The van der Waals surface area contributed by atoms with Gasteiger partial charge in [-0.25, -0.2) is 0 Å². The Morgan fingerprint density at radius 2 is 1.95 bits per heavy atom. The van der Waals surface area contributed by atoms with Crippen molar-refractivity contribution in [3.05, 3.63) is 47.0 Å². The van der Waals surface area contributed by atoms with Crippen molar-refractivity contribution in [3.8, 4) is 0 Å². The molecule has 0 aliphatic heterocycles. The maximum Gasteiger partial charge on any atom is 0.0915 e. The fourth-order valence-corrected chi connectivity index (χ4v) is 2.74. The summed E-state index contributed by atoms with van der Waals surface area (Å²) >= 11 is 0. The van der Waals surface area contributed by atoms with Gasteiger partial charge in [-0.15, -0.1) is 0 Å². The van der Waals surface area contributed by atoms with Crippen molar-refractivity contribution >= 4 is 0 Å². The van der Waals surface area contributed by atoms with Crippen LogP contribution in [0.1, 0.15) is 48.5 Å². The predicted octanol–water partition coefficient (Wildman–Crippen LogP) is 2.30. The predicted molar refractivity (Wildman–Crippen MR) is 83.0 cm³/mol. The van der Waals surface area contributed by atoms with Gasteiger partial charge in [0.05, 0.1) is 11.8 Å². The summed E-state index contributed by atoms with van der Waals surface area (Å²) in [4.78, 5) is 3.96. The number of aryl methyl sites for hydroxylation is 2. The Kier molecular flexibility index (Phi) is 5.09. The van der Waals surface area contributed by atoms with E-state index in [0.717, 1.165) is 17.8 Å². The van der Waals surface area contributed by atoms with Crippen LogP contribution in [0.5, 0.6) is 0 Å². The number of aliphatic hydroxyl groups excluding tert-OH is 1. The molecule has 114 valence electrons. The second kappa shape index (κ2) is 6.83. The quantitative estimate of drug-likeness (QED) is 0.856. The SMILES string of the molecule is CCn1nc(C)c(C(C)NCC(O)c2ccncc2)c1C. The molecule has 0 saturated heterocycles. The normalized spacial score (nSPS) is 14.1. The number of aliphatic hydroxyl groups is 1. The largest absolute Gasteiger partial charge is 0.387 e. The van der Waals surface area contributed by atoms with Crippen LogP contribution in [-0.2, 0) is 6.54 Å². The first-order valence-electron chi connectivity index (χ1n) is 7.39. The zero-order valence-corrected chi connectivity index (χ0v) is 13.2. The van der Waals surface area contributed by atoms with Gasteiger partial charge in [-0.3, -0.25) is 9.67 Å². The van der Waals surface area contributed by atoms with Gasteiger partial charge in [0.25, 0.3) is 0 Å². The first-order chi connectivity index (χ1) is 10.0. The molecule has 2 aromatic rings. The van der Waals surface area contributed by atoms with Crippen molar-refractivity contribution in [1.29, 1.82) is 0 Å². The number of nitrogens with one attached hydrogen (secondary N) is 1. The Labute approximate surface area is 126 Å². The number of hydrogen-bond donors (Lipinski definition) is 2. The summed E-state index contributed by atoms with van der Waals surface area (Å²) in [6.07, 6.45) is 2.86. The smallest absolute Gasteiger partial charge is 0.0915 e. The molecule has 21 heavy (non-hydrogen) atoms. The van der Waals surface area contributed by atoms with Gasteiger partial charge < -0.3 is 10.4 Å². The third-order valence-electron chi connectivity index (χ3n) is 3.88. The molecule has 0 aromatic carbocycles. The van der Waals surface area contributed by atoms with Gasteiger partial charge in [0.2, 0.25) is 0 Å². The number of aromatic nitrogens is 3. The van der Waals surface area contributed by atoms with Gasteiger partial charge in [-0.1, -0.05) is 0 Å². The first-order valence-corrected chi connectivity index (χ1v) is 7.39. The molecule has 2 rings (SSSR count). The monoisotopic (exact) mass is 288 g/mol. The van der Waals surface area contributed by atoms with E-state index >= 15 is 0 Å². The zero-order chi connectivity index (χ0) is 15.4. The van der Waals surface area contributed by atoms with Crippen molar-refractivity contribution in [3.63, 3.8) is 0 Å². The van der Waals surface area contributed by atoms with E-state index in [-0.39, 0.29) is 6.04 Å². The van der Waals surface area contributed by atoms with Gasteiger partial charge in [-0.2, -0.15) is 5.10 Å².